The fraction of sp³-hybridized carbons (Fsp3) is 0. The smallest absolute Gasteiger partial charge is 0.412 e. The van der Waals surface area contributed by atoms with Crippen LogP contribution in [-0.2, 0) is 37.8 Å². The monoisotopic (exact) mass is 315 g/mol. The molecule has 0 saturated heterocycles. The van der Waals surface area contributed by atoms with E-state index in [-0.39, 0.29) is 59.7 Å². The molecule has 0 aromatic rings. The summed E-state index contributed by atoms with van der Waals surface area (Å²) >= 11 is 0. The molecule has 0 atom stereocenters. The third kappa shape index (κ3) is 76.5. The van der Waals surface area contributed by atoms with Crippen LogP contribution in [0.3, 0.4) is 0 Å². The first kappa shape index (κ1) is 239. The average Bonchev–Trinajstić information content (AvgIpc) is 0. The largest absolute Gasteiger partial charge is 2.00 e. The molecule has 0 heterocycles. The maximum absolute atomic E-state index is 0. The van der Waals surface area contributed by atoms with E-state index in [1.165, 1.54) is 0 Å². The first-order chi connectivity index (χ1) is 0. The Balaban J connectivity index is 0. The minimum Gasteiger partial charge on any atom is -0.412 e. The summed E-state index contributed by atoms with van der Waals surface area (Å²) in [5.41, 5.74) is 0. The fourth-order valence-electron chi connectivity index (χ4n) is 0. The summed E-state index contributed by atoms with van der Waals surface area (Å²) in [5.74, 6) is 0. The third-order valence-electron chi connectivity index (χ3n) is 0. The summed E-state index contributed by atoms with van der Waals surface area (Å²) in [4.78, 5) is 0. The summed E-state index contributed by atoms with van der Waals surface area (Å²) in [6, 6.07) is 0. The zero-order valence-electron chi connectivity index (χ0n) is 2.74. The minimum absolute atomic E-state index is 0. The molecule has 0 aliphatic carbocycles. The van der Waals surface area contributed by atoms with Crippen molar-refractivity contribution in [3.63, 3.8) is 0 Å². The fourth-order valence-corrected chi connectivity index (χ4v) is 0. The van der Waals surface area contributed by atoms with E-state index in [2.05, 4.69) is 0 Å². The van der Waals surface area contributed by atoms with Gasteiger partial charge in [-0.25, -0.2) is 0 Å². The van der Waals surface area contributed by atoms with Crippen molar-refractivity contribution >= 4 is 0 Å². The van der Waals surface area contributed by atoms with Gasteiger partial charge in [-0.15, -0.1) is 0 Å². The molecule has 8 N–H and O–H groups in total. The molecule has 0 aromatic heterocycles. The van der Waals surface area contributed by atoms with Crippen LogP contribution in [0.5, 0.6) is 0 Å². The standard InChI is InChI=1S/Co.4H2O.W/h;4*1H2;/q+2;;;;;. The zero-order chi connectivity index (χ0) is 0. The van der Waals surface area contributed by atoms with Gasteiger partial charge < -0.3 is 21.9 Å². The molecule has 1 radical (unpaired) electrons. The van der Waals surface area contributed by atoms with E-state index in [0.717, 1.165) is 0 Å². The van der Waals surface area contributed by atoms with Crippen LogP contribution in [0.25, 0.3) is 0 Å². The quantitative estimate of drug-likeness (QED) is 0.444. The van der Waals surface area contributed by atoms with E-state index in [9.17, 15) is 0 Å². The molecule has 0 aliphatic rings. The van der Waals surface area contributed by atoms with Crippen LogP contribution in [0, 0.1) is 0 Å². The molecule has 45 valence electrons. The molecule has 4 nitrogen and oxygen atoms in total. The maximum atomic E-state index is 0. The second-order valence-electron chi connectivity index (χ2n) is 0. The van der Waals surface area contributed by atoms with Crippen LogP contribution < -0.4 is 0 Å². The molecule has 6 heavy (non-hydrogen) atoms. The van der Waals surface area contributed by atoms with E-state index in [1.807, 2.05) is 0 Å². The van der Waals surface area contributed by atoms with Gasteiger partial charge in [-0.1, -0.05) is 0 Å². The molecular formula is H8CoO4W+2. The molecule has 0 spiro atoms. The topological polar surface area (TPSA) is 126 Å². The first-order valence-electron chi connectivity index (χ1n) is 0. The Hall–Kier alpha value is 1.03. The molecule has 0 aliphatic heterocycles. The number of rotatable bonds is 0. The van der Waals surface area contributed by atoms with E-state index in [0.29, 0.717) is 0 Å². The van der Waals surface area contributed by atoms with Gasteiger partial charge in [0, 0.05) is 21.1 Å². The van der Waals surface area contributed by atoms with Crippen molar-refractivity contribution in [2.45, 2.75) is 0 Å². The summed E-state index contributed by atoms with van der Waals surface area (Å²) in [5, 5.41) is 0. The summed E-state index contributed by atoms with van der Waals surface area (Å²) < 4.78 is 0. The van der Waals surface area contributed by atoms with Crippen molar-refractivity contribution in [1.82, 2.24) is 0 Å². The SMILES string of the molecule is O.O.O.O.[Co+2].[W]. The van der Waals surface area contributed by atoms with E-state index >= 15 is 0 Å². The van der Waals surface area contributed by atoms with Gasteiger partial charge in [0.1, 0.15) is 0 Å². The molecule has 0 bridgehead atoms. The summed E-state index contributed by atoms with van der Waals surface area (Å²) in [6.07, 6.45) is 0. The van der Waals surface area contributed by atoms with E-state index < -0.39 is 0 Å². The van der Waals surface area contributed by atoms with Crippen LogP contribution in [0.1, 0.15) is 0 Å². The van der Waals surface area contributed by atoms with Gasteiger partial charge in [0.25, 0.3) is 0 Å². The van der Waals surface area contributed by atoms with Crippen molar-refractivity contribution in [3.05, 3.63) is 0 Å². The molecule has 0 aromatic carbocycles. The minimum atomic E-state index is 0. The van der Waals surface area contributed by atoms with Crippen molar-refractivity contribution in [3.8, 4) is 0 Å². The van der Waals surface area contributed by atoms with Crippen LogP contribution >= 0.6 is 0 Å². The van der Waals surface area contributed by atoms with E-state index in [1.54, 1.807) is 0 Å². The number of hydrogen-bond acceptors (Lipinski definition) is 0. The molecule has 0 amide bonds. The normalized spacial score (nSPS) is 0. The average molecular weight is 315 g/mol. The van der Waals surface area contributed by atoms with Gasteiger partial charge >= 0.3 is 16.8 Å². The Kier molecular flexibility index (Phi) is 5700. The van der Waals surface area contributed by atoms with Gasteiger partial charge in [0.2, 0.25) is 0 Å². The van der Waals surface area contributed by atoms with Crippen molar-refractivity contribution in [2.24, 2.45) is 0 Å². The van der Waals surface area contributed by atoms with Crippen LogP contribution in [0.15, 0.2) is 0 Å². The van der Waals surface area contributed by atoms with Crippen molar-refractivity contribution in [2.75, 3.05) is 0 Å². The Morgan fingerprint density at radius 2 is 0.500 bits per heavy atom. The second-order valence-corrected chi connectivity index (χ2v) is 0. The Bertz CT molecular complexity index is 7.51. The van der Waals surface area contributed by atoms with Gasteiger partial charge in [0.05, 0.1) is 0 Å². The van der Waals surface area contributed by atoms with Crippen LogP contribution in [0.2, 0.25) is 0 Å². The Labute approximate surface area is 60.0 Å². The molecule has 6 heteroatoms. The Morgan fingerprint density at radius 3 is 0.500 bits per heavy atom. The maximum Gasteiger partial charge on any atom is 2.00 e. The van der Waals surface area contributed by atoms with Gasteiger partial charge in [-0.05, 0) is 0 Å². The molecule has 0 fully saturated rings. The predicted molar refractivity (Wildman–Crippen MR) is 14.5 cm³/mol. The second kappa shape index (κ2) is 143. The van der Waals surface area contributed by atoms with E-state index in [4.69, 9.17) is 0 Å². The van der Waals surface area contributed by atoms with Gasteiger partial charge in [-0.3, -0.25) is 0 Å². The summed E-state index contributed by atoms with van der Waals surface area (Å²) in [6.45, 7) is 0. The van der Waals surface area contributed by atoms with Gasteiger partial charge in [0.15, 0.2) is 0 Å². The predicted octanol–water partition coefficient (Wildman–Crippen LogP) is -3.30. The van der Waals surface area contributed by atoms with Crippen molar-refractivity contribution < 1.29 is 59.7 Å². The molecular weight excluding hydrogens is 307 g/mol. The molecule has 0 rings (SSSR count). The van der Waals surface area contributed by atoms with Crippen LogP contribution in [-0.4, -0.2) is 21.9 Å². The first-order valence-corrected chi connectivity index (χ1v) is 0. The van der Waals surface area contributed by atoms with Crippen LogP contribution in [0.4, 0.5) is 0 Å². The number of hydrogen-bond donors (Lipinski definition) is 0. The molecule has 0 saturated carbocycles. The Morgan fingerprint density at radius 1 is 0.500 bits per heavy atom. The zero-order valence-corrected chi connectivity index (χ0v) is 6.72. The summed E-state index contributed by atoms with van der Waals surface area (Å²) in [7, 11) is 0. The van der Waals surface area contributed by atoms with Gasteiger partial charge in [-0.2, -0.15) is 0 Å². The van der Waals surface area contributed by atoms with Crippen molar-refractivity contribution in [1.29, 1.82) is 0 Å². The third-order valence-corrected chi connectivity index (χ3v) is 0. The molecule has 0 unspecified atom stereocenters.